The zero-order valence-electron chi connectivity index (χ0n) is 8.83. The number of nitrogens with one attached hydrogen (secondary N) is 1. The number of thiol groups is 1. The van der Waals surface area contributed by atoms with Gasteiger partial charge in [0.05, 0.1) is 13.2 Å². The van der Waals surface area contributed by atoms with Crippen molar-refractivity contribution in [3.63, 3.8) is 0 Å². The van der Waals surface area contributed by atoms with Crippen LogP contribution in [0, 0.1) is 0 Å². The van der Waals surface area contributed by atoms with Crippen LogP contribution in [0.2, 0.25) is 0 Å². The van der Waals surface area contributed by atoms with E-state index in [1.165, 1.54) is 6.92 Å². The number of hydrogen-bond donors (Lipinski definition) is 6. The van der Waals surface area contributed by atoms with Crippen LogP contribution >= 0.6 is 12.6 Å². The quantitative estimate of drug-likeness (QED) is 0.311. The Morgan fingerprint density at radius 2 is 1.75 bits per heavy atom. The fourth-order valence-electron chi connectivity index (χ4n) is 0.489. The van der Waals surface area contributed by atoms with Gasteiger partial charge in [0, 0.05) is 12.7 Å². The van der Waals surface area contributed by atoms with E-state index in [1.807, 2.05) is 0 Å². The molecule has 16 heavy (non-hydrogen) atoms. The Morgan fingerprint density at radius 3 is 1.81 bits per heavy atom. The maximum absolute atomic E-state index is 10.3. The molecule has 0 aromatic heterocycles. The van der Waals surface area contributed by atoms with Gasteiger partial charge >= 0.3 is 5.97 Å². The number of carbonyl (C=O) groups excluding carboxylic acids is 1. The maximum Gasteiger partial charge on any atom is 0.327 e. The van der Waals surface area contributed by atoms with Gasteiger partial charge in [0.2, 0.25) is 5.91 Å². The Bertz CT molecular complexity index is 209. The molecule has 1 atom stereocenters. The fourth-order valence-corrected chi connectivity index (χ4v) is 0.736. The summed E-state index contributed by atoms with van der Waals surface area (Å²) in [6.07, 6.45) is -0.954. The topological polar surface area (TPSA) is 127 Å². The first kappa shape index (κ1) is 17.6. The average Bonchev–Trinajstić information content (AvgIpc) is 2.24. The lowest BCUT2D eigenvalue weighted by atomic mass is 10.3. The molecule has 0 fully saturated rings. The van der Waals surface area contributed by atoms with Gasteiger partial charge < -0.3 is 25.7 Å². The number of rotatable bonds is 5. The van der Waals surface area contributed by atoms with Crippen LogP contribution in [-0.2, 0) is 9.59 Å². The van der Waals surface area contributed by atoms with Crippen molar-refractivity contribution in [2.45, 2.75) is 19.1 Å². The summed E-state index contributed by atoms with van der Waals surface area (Å²) in [5.41, 5.74) is 0. The largest absolute Gasteiger partial charge is 0.480 e. The lowest BCUT2D eigenvalue weighted by Gasteiger charge is -2.08. The van der Waals surface area contributed by atoms with E-state index in [0.29, 0.717) is 0 Å². The number of aliphatic hydroxyl groups is 3. The number of amides is 1. The molecule has 1 amide bonds. The molecule has 0 unspecified atom stereocenters. The zero-order valence-corrected chi connectivity index (χ0v) is 9.72. The molecule has 0 aromatic rings. The average molecular weight is 255 g/mol. The lowest BCUT2D eigenvalue weighted by Crippen LogP contribution is -2.40. The second kappa shape index (κ2) is 10.7. The van der Waals surface area contributed by atoms with Gasteiger partial charge in [-0.2, -0.15) is 12.6 Å². The molecule has 0 aliphatic heterocycles. The molecule has 5 N–H and O–H groups in total. The van der Waals surface area contributed by atoms with Crippen molar-refractivity contribution in [1.29, 1.82) is 0 Å². The number of aliphatic hydroxyl groups excluding tert-OH is 3. The Labute approximate surface area is 98.5 Å². The third-order valence-electron chi connectivity index (χ3n) is 1.28. The Morgan fingerprint density at radius 1 is 1.31 bits per heavy atom. The fraction of sp³-hybridized carbons (Fsp3) is 0.750. The van der Waals surface area contributed by atoms with E-state index in [9.17, 15) is 9.59 Å². The summed E-state index contributed by atoms with van der Waals surface area (Å²) < 4.78 is 0. The van der Waals surface area contributed by atoms with Crippen LogP contribution in [0.15, 0.2) is 0 Å². The van der Waals surface area contributed by atoms with Crippen molar-refractivity contribution in [1.82, 2.24) is 5.32 Å². The van der Waals surface area contributed by atoms with E-state index >= 15 is 0 Å². The first-order valence-corrected chi connectivity index (χ1v) is 5.02. The van der Waals surface area contributed by atoms with E-state index in [2.05, 4.69) is 17.9 Å². The van der Waals surface area contributed by atoms with Gasteiger partial charge in [-0.15, -0.1) is 0 Å². The molecule has 8 heteroatoms. The number of aliphatic carboxylic acids is 1. The molecule has 0 aromatic carbocycles. The van der Waals surface area contributed by atoms with E-state index in [1.54, 1.807) is 0 Å². The van der Waals surface area contributed by atoms with Crippen molar-refractivity contribution in [2.75, 3.05) is 19.0 Å². The summed E-state index contributed by atoms with van der Waals surface area (Å²) in [7, 11) is 0. The van der Waals surface area contributed by atoms with E-state index in [0.717, 1.165) is 0 Å². The summed E-state index contributed by atoms with van der Waals surface area (Å²) in [6, 6.07) is -0.874. The number of carboxylic acids is 1. The predicted molar refractivity (Wildman–Crippen MR) is 59.3 cm³/mol. The molecular formula is C8H17NO6S. The molecule has 96 valence electrons. The maximum atomic E-state index is 10.3. The molecule has 0 heterocycles. The van der Waals surface area contributed by atoms with Crippen molar-refractivity contribution in [3.05, 3.63) is 0 Å². The van der Waals surface area contributed by atoms with Gasteiger partial charge in [0.15, 0.2) is 0 Å². The van der Waals surface area contributed by atoms with Crippen LogP contribution in [0.4, 0.5) is 0 Å². The van der Waals surface area contributed by atoms with Crippen LogP contribution in [0.1, 0.15) is 6.92 Å². The van der Waals surface area contributed by atoms with E-state index < -0.39 is 18.1 Å². The smallest absolute Gasteiger partial charge is 0.327 e. The highest BCUT2D eigenvalue weighted by atomic mass is 32.1. The molecule has 0 radical (unpaired) electrons. The molecule has 0 rings (SSSR count). The molecule has 7 nitrogen and oxygen atoms in total. The standard InChI is InChI=1S/C5H9NO3S.C3H8O3/c1-3(7)6-4(2-10)5(8)9;4-1-3(6)2-5/h4,10H,2H2,1H3,(H,6,7)(H,8,9);3-6H,1-2H2/t4-;/m0./s1. The number of carboxylic acid groups (broad SMARTS) is 1. The molecule has 0 bridgehead atoms. The summed E-state index contributed by atoms with van der Waals surface area (Å²) in [6.45, 7) is 0.534. The SMILES string of the molecule is CC(=O)N[C@@H](CS)C(=O)O.OCC(O)CO. The minimum Gasteiger partial charge on any atom is -0.480 e. The Kier molecular flexibility index (Phi) is 11.7. The van der Waals surface area contributed by atoms with Crippen LogP contribution in [0.25, 0.3) is 0 Å². The van der Waals surface area contributed by atoms with Gasteiger partial charge in [-0.3, -0.25) is 4.79 Å². The van der Waals surface area contributed by atoms with Gasteiger partial charge in [0.25, 0.3) is 0 Å². The van der Waals surface area contributed by atoms with Crippen molar-refractivity contribution >= 4 is 24.5 Å². The van der Waals surface area contributed by atoms with Crippen LogP contribution in [0.5, 0.6) is 0 Å². The molecule has 0 aliphatic carbocycles. The van der Waals surface area contributed by atoms with Gasteiger partial charge in [-0.25, -0.2) is 4.79 Å². The number of carbonyl (C=O) groups is 2. The van der Waals surface area contributed by atoms with Crippen molar-refractivity contribution in [2.24, 2.45) is 0 Å². The minimum atomic E-state index is -1.06. The van der Waals surface area contributed by atoms with Crippen LogP contribution < -0.4 is 5.32 Å². The summed E-state index contributed by atoms with van der Waals surface area (Å²) in [5, 5.41) is 34.6. The third kappa shape index (κ3) is 11.2. The predicted octanol–water partition coefficient (Wildman–Crippen LogP) is -2.16. The molecule has 0 aliphatic rings. The highest BCUT2D eigenvalue weighted by molar-refractivity contribution is 7.80. The van der Waals surface area contributed by atoms with Crippen LogP contribution in [0.3, 0.4) is 0 Å². The zero-order chi connectivity index (χ0) is 13.1. The first-order chi connectivity index (χ1) is 7.38. The van der Waals surface area contributed by atoms with E-state index in [4.69, 9.17) is 20.4 Å². The molecule has 0 saturated carbocycles. The van der Waals surface area contributed by atoms with Gasteiger partial charge in [-0.1, -0.05) is 0 Å². The summed E-state index contributed by atoms with van der Waals surface area (Å²) >= 11 is 3.73. The van der Waals surface area contributed by atoms with Crippen molar-refractivity contribution < 1.29 is 30.0 Å². The normalized spacial score (nSPS) is 11.4. The molecule has 0 saturated heterocycles. The second-order valence-corrected chi connectivity index (χ2v) is 3.16. The minimum absolute atomic E-state index is 0.106. The first-order valence-electron chi connectivity index (χ1n) is 4.39. The Balaban J connectivity index is 0. The number of hydrogen-bond acceptors (Lipinski definition) is 6. The third-order valence-corrected chi connectivity index (χ3v) is 1.64. The molecule has 0 spiro atoms. The molecular weight excluding hydrogens is 238 g/mol. The van der Waals surface area contributed by atoms with Crippen LogP contribution in [-0.4, -0.2) is 63.4 Å². The summed E-state index contributed by atoms with van der Waals surface area (Å²) in [5.74, 6) is -1.32. The second-order valence-electron chi connectivity index (χ2n) is 2.79. The lowest BCUT2D eigenvalue weighted by molar-refractivity contribution is -0.140. The highest BCUT2D eigenvalue weighted by Crippen LogP contribution is 1.86. The van der Waals surface area contributed by atoms with E-state index in [-0.39, 0.29) is 24.9 Å². The van der Waals surface area contributed by atoms with Gasteiger partial charge in [0.1, 0.15) is 12.1 Å². The van der Waals surface area contributed by atoms with Gasteiger partial charge in [-0.05, 0) is 0 Å². The van der Waals surface area contributed by atoms with Crippen molar-refractivity contribution in [3.8, 4) is 0 Å². The Hall–Kier alpha value is -0.830. The monoisotopic (exact) mass is 255 g/mol. The summed E-state index contributed by atoms with van der Waals surface area (Å²) in [4.78, 5) is 20.5. The highest BCUT2D eigenvalue weighted by Gasteiger charge is 2.15.